The van der Waals surface area contributed by atoms with Crippen molar-refractivity contribution in [3.05, 3.63) is 34.7 Å². The average Bonchev–Trinajstić information content (AvgIpc) is 2.30. The molecule has 17 heavy (non-hydrogen) atoms. The number of nitrogens with zero attached hydrogens (tertiary/aromatic N) is 1. The van der Waals surface area contributed by atoms with Crippen LogP contribution >= 0.6 is 0 Å². The van der Waals surface area contributed by atoms with E-state index in [2.05, 4.69) is 0 Å². The Morgan fingerprint density at radius 3 is 2.59 bits per heavy atom. The molecule has 1 aromatic rings. The van der Waals surface area contributed by atoms with E-state index in [1.165, 1.54) is 0 Å². The summed E-state index contributed by atoms with van der Waals surface area (Å²) in [7, 11) is 0. The molecule has 0 aromatic carbocycles. The van der Waals surface area contributed by atoms with E-state index in [1.807, 2.05) is 12.3 Å². The maximum Gasteiger partial charge on any atom is 0.303 e. The average molecular weight is 235 g/mol. The number of aromatic nitrogens is 1. The van der Waals surface area contributed by atoms with Crippen LogP contribution in [0.15, 0.2) is 29.2 Å². The summed E-state index contributed by atoms with van der Waals surface area (Å²) in [5.41, 5.74) is 0.0363. The molecule has 0 radical (unpaired) electrons. The highest BCUT2D eigenvalue weighted by molar-refractivity contribution is 5.67. The Balaban J connectivity index is 1.98. The summed E-state index contributed by atoms with van der Waals surface area (Å²) in [6.07, 6.45) is 5.70. The predicted molar refractivity (Wildman–Crippen MR) is 63.9 cm³/mol. The molecule has 1 saturated carbocycles. The molecule has 0 amide bonds. The monoisotopic (exact) mass is 235 g/mol. The molecular weight excluding hydrogens is 218 g/mol. The molecule has 1 aliphatic carbocycles. The number of pyridine rings is 1. The molecule has 1 aromatic heterocycles. The fraction of sp³-hybridized carbons (Fsp3) is 0.538. The summed E-state index contributed by atoms with van der Waals surface area (Å²) in [6.45, 7) is 0. The zero-order valence-electron chi connectivity index (χ0n) is 9.71. The van der Waals surface area contributed by atoms with E-state index in [4.69, 9.17) is 5.11 Å². The van der Waals surface area contributed by atoms with Gasteiger partial charge >= 0.3 is 5.97 Å². The fourth-order valence-corrected chi connectivity index (χ4v) is 2.62. The molecule has 0 atom stereocenters. The van der Waals surface area contributed by atoms with Crippen molar-refractivity contribution in [3.8, 4) is 0 Å². The van der Waals surface area contributed by atoms with Gasteiger partial charge in [-0.25, -0.2) is 0 Å². The van der Waals surface area contributed by atoms with Crippen LogP contribution in [0.5, 0.6) is 0 Å². The summed E-state index contributed by atoms with van der Waals surface area (Å²) in [5.74, 6) is -0.437. The van der Waals surface area contributed by atoms with Crippen LogP contribution in [0.3, 0.4) is 0 Å². The zero-order chi connectivity index (χ0) is 12.3. The molecule has 1 fully saturated rings. The van der Waals surface area contributed by atoms with Crippen molar-refractivity contribution in [2.24, 2.45) is 5.92 Å². The van der Waals surface area contributed by atoms with E-state index in [0.717, 1.165) is 25.7 Å². The lowest BCUT2D eigenvalue weighted by Crippen LogP contribution is -2.27. The van der Waals surface area contributed by atoms with E-state index >= 15 is 0 Å². The zero-order valence-corrected chi connectivity index (χ0v) is 9.71. The number of hydrogen-bond donors (Lipinski definition) is 1. The maximum absolute atomic E-state index is 11.6. The second-order valence-corrected chi connectivity index (χ2v) is 4.72. The Morgan fingerprint density at radius 2 is 2.00 bits per heavy atom. The van der Waals surface area contributed by atoms with Gasteiger partial charge in [0.15, 0.2) is 0 Å². The Labute approximate surface area is 99.9 Å². The molecule has 0 bridgehead atoms. The molecule has 2 rings (SSSR count). The van der Waals surface area contributed by atoms with Gasteiger partial charge in [-0.05, 0) is 37.7 Å². The maximum atomic E-state index is 11.6. The third kappa shape index (κ3) is 2.96. The molecule has 0 unspecified atom stereocenters. The first-order valence-electron chi connectivity index (χ1n) is 6.06. The Kier molecular flexibility index (Phi) is 3.61. The summed E-state index contributed by atoms with van der Waals surface area (Å²) in [4.78, 5) is 22.3. The van der Waals surface area contributed by atoms with Crippen molar-refractivity contribution < 1.29 is 9.90 Å². The highest BCUT2D eigenvalue weighted by atomic mass is 16.4. The van der Waals surface area contributed by atoms with Crippen molar-refractivity contribution in [3.63, 3.8) is 0 Å². The SMILES string of the molecule is O=C(O)CC1CCC(n2ccccc2=O)CC1. The fourth-order valence-electron chi connectivity index (χ4n) is 2.62. The second-order valence-electron chi connectivity index (χ2n) is 4.72. The molecule has 92 valence electrons. The van der Waals surface area contributed by atoms with Gasteiger partial charge in [0.05, 0.1) is 0 Å². The number of carbonyl (C=O) groups is 1. The Hall–Kier alpha value is -1.58. The molecule has 0 saturated heterocycles. The number of carboxylic acid groups (broad SMARTS) is 1. The van der Waals surface area contributed by atoms with Crippen molar-refractivity contribution >= 4 is 5.97 Å². The van der Waals surface area contributed by atoms with Gasteiger partial charge in [0.2, 0.25) is 0 Å². The Bertz CT molecular complexity index is 444. The van der Waals surface area contributed by atoms with E-state index in [0.29, 0.717) is 0 Å². The van der Waals surface area contributed by atoms with Gasteiger partial charge < -0.3 is 9.67 Å². The standard InChI is InChI=1S/C13H17NO3/c15-12-3-1-2-8-14(12)11-6-4-10(5-7-11)9-13(16)17/h1-3,8,10-11H,4-7,9H2,(H,16,17). The van der Waals surface area contributed by atoms with Crippen LogP contribution in [0.4, 0.5) is 0 Å². The molecule has 4 heteroatoms. The highest BCUT2D eigenvalue weighted by Gasteiger charge is 2.24. The van der Waals surface area contributed by atoms with Gasteiger partial charge in [0.25, 0.3) is 5.56 Å². The van der Waals surface area contributed by atoms with Crippen LogP contribution in [0.2, 0.25) is 0 Å². The van der Waals surface area contributed by atoms with Crippen LogP contribution in [0.1, 0.15) is 38.1 Å². The van der Waals surface area contributed by atoms with Crippen molar-refractivity contribution in [2.75, 3.05) is 0 Å². The van der Waals surface area contributed by atoms with Crippen molar-refractivity contribution in [1.82, 2.24) is 4.57 Å². The van der Waals surface area contributed by atoms with Crippen molar-refractivity contribution in [1.29, 1.82) is 0 Å². The molecule has 4 nitrogen and oxygen atoms in total. The Morgan fingerprint density at radius 1 is 1.29 bits per heavy atom. The largest absolute Gasteiger partial charge is 0.481 e. The van der Waals surface area contributed by atoms with Crippen LogP contribution < -0.4 is 5.56 Å². The van der Waals surface area contributed by atoms with Gasteiger partial charge in [-0.15, -0.1) is 0 Å². The highest BCUT2D eigenvalue weighted by Crippen LogP contribution is 2.32. The molecular formula is C13H17NO3. The van der Waals surface area contributed by atoms with E-state index in [9.17, 15) is 9.59 Å². The smallest absolute Gasteiger partial charge is 0.303 e. The number of hydrogen-bond acceptors (Lipinski definition) is 2. The predicted octanol–water partition coefficient (Wildman–Crippen LogP) is 2.05. The van der Waals surface area contributed by atoms with Gasteiger partial charge in [-0.1, -0.05) is 6.07 Å². The normalized spacial score (nSPS) is 24.5. The van der Waals surface area contributed by atoms with Gasteiger partial charge in [0.1, 0.15) is 0 Å². The molecule has 1 aliphatic rings. The van der Waals surface area contributed by atoms with Gasteiger partial charge in [0, 0.05) is 24.7 Å². The van der Waals surface area contributed by atoms with E-state index < -0.39 is 5.97 Å². The van der Waals surface area contributed by atoms with E-state index in [-0.39, 0.29) is 23.9 Å². The van der Waals surface area contributed by atoms with E-state index in [1.54, 1.807) is 16.7 Å². The van der Waals surface area contributed by atoms with Gasteiger partial charge in [-0.3, -0.25) is 9.59 Å². The van der Waals surface area contributed by atoms with Crippen LogP contribution in [0.25, 0.3) is 0 Å². The minimum Gasteiger partial charge on any atom is -0.481 e. The first kappa shape index (κ1) is 11.9. The third-order valence-corrected chi connectivity index (χ3v) is 3.52. The summed E-state index contributed by atoms with van der Waals surface area (Å²) in [5, 5.41) is 8.74. The number of carboxylic acids is 1. The molecule has 1 N–H and O–H groups in total. The number of rotatable bonds is 3. The van der Waals surface area contributed by atoms with Crippen molar-refractivity contribution in [2.45, 2.75) is 38.1 Å². The van der Waals surface area contributed by atoms with Crippen LogP contribution in [0, 0.1) is 5.92 Å². The molecule has 0 aliphatic heterocycles. The minimum absolute atomic E-state index is 0.0363. The minimum atomic E-state index is -0.717. The second kappa shape index (κ2) is 5.17. The lowest BCUT2D eigenvalue weighted by Gasteiger charge is -2.28. The van der Waals surface area contributed by atoms with Crippen LogP contribution in [-0.2, 0) is 4.79 Å². The van der Waals surface area contributed by atoms with Gasteiger partial charge in [-0.2, -0.15) is 0 Å². The quantitative estimate of drug-likeness (QED) is 0.872. The molecule has 0 spiro atoms. The lowest BCUT2D eigenvalue weighted by atomic mass is 9.84. The number of aliphatic carboxylic acids is 1. The summed E-state index contributed by atoms with van der Waals surface area (Å²) >= 11 is 0. The van der Waals surface area contributed by atoms with Crippen LogP contribution in [-0.4, -0.2) is 15.6 Å². The topological polar surface area (TPSA) is 59.3 Å². The summed E-state index contributed by atoms with van der Waals surface area (Å²) in [6, 6.07) is 5.43. The summed E-state index contributed by atoms with van der Waals surface area (Å²) < 4.78 is 1.77. The third-order valence-electron chi connectivity index (χ3n) is 3.52. The lowest BCUT2D eigenvalue weighted by molar-refractivity contribution is -0.138. The first-order valence-corrected chi connectivity index (χ1v) is 6.06. The molecule has 1 heterocycles. The first-order chi connectivity index (χ1) is 8.16.